The highest BCUT2D eigenvalue weighted by Crippen LogP contribution is 2.22. The van der Waals surface area contributed by atoms with Crippen LogP contribution in [-0.4, -0.2) is 39.5 Å². The number of benzene rings is 1. The van der Waals surface area contributed by atoms with E-state index in [0.717, 1.165) is 25.0 Å². The summed E-state index contributed by atoms with van der Waals surface area (Å²) in [6.07, 6.45) is 1.68. The number of sulfonamides is 1. The minimum Gasteiger partial charge on any atom is -0.399 e. The van der Waals surface area contributed by atoms with Crippen LogP contribution >= 0.6 is 0 Å². The van der Waals surface area contributed by atoms with Crippen LogP contribution in [0.4, 0.5) is 10.1 Å². The van der Waals surface area contributed by atoms with Crippen molar-refractivity contribution in [2.75, 3.05) is 32.5 Å². The Balaban J connectivity index is 2.15. The Bertz CT molecular complexity index is 551. The van der Waals surface area contributed by atoms with Crippen molar-refractivity contribution in [1.82, 2.24) is 4.31 Å². The molecule has 2 N–H and O–H groups in total. The third-order valence-electron chi connectivity index (χ3n) is 3.46. The minimum absolute atomic E-state index is 0.100. The van der Waals surface area contributed by atoms with Gasteiger partial charge in [0.15, 0.2) is 0 Å². The Morgan fingerprint density at radius 3 is 2.60 bits per heavy atom. The van der Waals surface area contributed by atoms with Gasteiger partial charge in [-0.3, -0.25) is 0 Å². The Kier molecular flexibility index (Phi) is 4.62. The monoisotopic (exact) mass is 302 g/mol. The van der Waals surface area contributed by atoms with E-state index in [-0.39, 0.29) is 16.5 Å². The highest BCUT2D eigenvalue weighted by Gasteiger charge is 2.25. The molecule has 0 bridgehead atoms. The topological polar surface area (TPSA) is 72.6 Å². The number of halogens is 1. The second kappa shape index (κ2) is 6.07. The van der Waals surface area contributed by atoms with Gasteiger partial charge in [-0.25, -0.2) is 17.1 Å². The molecular formula is C13H19FN2O3S. The van der Waals surface area contributed by atoms with Crippen LogP contribution in [0.15, 0.2) is 23.1 Å². The summed E-state index contributed by atoms with van der Waals surface area (Å²) in [6.45, 7) is 1.72. The summed E-state index contributed by atoms with van der Waals surface area (Å²) in [4.78, 5) is -0.107. The van der Waals surface area contributed by atoms with Gasteiger partial charge in [0, 0.05) is 32.5 Å². The number of rotatable bonds is 4. The molecule has 0 aliphatic carbocycles. The van der Waals surface area contributed by atoms with Crippen LogP contribution in [0, 0.1) is 11.7 Å². The van der Waals surface area contributed by atoms with Gasteiger partial charge in [-0.1, -0.05) is 0 Å². The fraction of sp³-hybridized carbons (Fsp3) is 0.538. The molecule has 1 saturated heterocycles. The average molecular weight is 302 g/mol. The highest BCUT2D eigenvalue weighted by atomic mass is 32.2. The number of anilines is 1. The maximum atomic E-state index is 13.3. The van der Waals surface area contributed by atoms with E-state index < -0.39 is 15.8 Å². The first kappa shape index (κ1) is 15.2. The molecule has 0 amide bonds. The molecule has 0 unspecified atom stereocenters. The molecule has 1 aromatic carbocycles. The number of hydrogen-bond acceptors (Lipinski definition) is 4. The van der Waals surface area contributed by atoms with E-state index in [2.05, 4.69) is 0 Å². The molecule has 1 aliphatic heterocycles. The van der Waals surface area contributed by atoms with Crippen LogP contribution in [0.2, 0.25) is 0 Å². The number of nitrogen functional groups attached to an aromatic ring is 1. The van der Waals surface area contributed by atoms with Crippen molar-refractivity contribution in [2.45, 2.75) is 17.7 Å². The predicted molar refractivity (Wildman–Crippen MR) is 74.2 cm³/mol. The second-order valence-electron chi connectivity index (χ2n) is 5.06. The number of nitrogens with zero attached hydrogens (tertiary/aromatic N) is 1. The first-order valence-electron chi connectivity index (χ1n) is 6.50. The minimum atomic E-state index is -3.71. The zero-order chi connectivity index (χ0) is 14.8. The molecule has 0 aromatic heterocycles. The largest absolute Gasteiger partial charge is 0.399 e. The molecule has 5 nitrogen and oxygen atoms in total. The fourth-order valence-electron chi connectivity index (χ4n) is 2.30. The summed E-state index contributed by atoms with van der Waals surface area (Å²) in [5.74, 6) is -0.377. The van der Waals surface area contributed by atoms with Crippen LogP contribution in [-0.2, 0) is 14.8 Å². The van der Waals surface area contributed by atoms with Gasteiger partial charge in [0.05, 0.1) is 4.90 Å². The van der Waals surface area contributed by atoms with Crippen molar-refractivity contribution in [3.63, 3.8) is 0 Å². The van der Waals surface area contributed by atoms with E-state index in [1.807, 2.05) is 0 Å². The van der Waals surface area contributed by atoms with Gasteiger partial charge in [-0.05, 0) is 37.0 Å². The predicted octanol–water partition coefficient (Wildman–Crippen LogP) is 1.45. The fourth-order valence-corrected chi connectivity index (χ4v) is 3.62. The van der Waals surface area contributed by atoms with E-state index in [9.17, 15) is 12.8 Å². The molecule has 1 heterocycles. The van der Waals surface area contributed by atoms with Crippen molar-refractivity contribution >= 4 is 15.7 Å². The first-order valence-corrected chi connectivity index (χ1v) is 7.94. The molecule has 0 saturated carbocycles. The van der Waals surface area contributed by atoms with Gasteiger partial charge in [0.2, 0.25) is 10.0 Å². The Labute approximate surface area is 118 Å². The molecule has 0 spiro atoms. The van der Waals surface area contributed by atoms with Crippen molar-refractivity contribution in [1.29, 1.82) is 0 Å². The lowest BCUT2D eigenvalue weighted by atomic mass is 10.0. The maximum Gasteiger partial charge on any atom is 0.243 e. The smallest absolute Gasteiger partial charge is 0.243 e. The van der Waals surface area contributed by atoms with Crippen molar-refractivity contribution in [2.24, 2.45) is 5.92 Å². The van der Waals surface area contributed by atoms with Gasteiger partial charge in [0.1, 0.15) is 5.82 Å². The first-order chi connectivity index (χ1) is 9.39. The maximum absolute atomic E-state index is 13.3. The third-order valence-corrected chi connectivity index (χ3v) is 5.26. The lowest BCUT2D eigenvalue weighted by Gasteiger charge is -2.26. The van der Waals surface area contributed by atoms with E-state index in [1.54, 1.807) is 0 Å². The zero-order valence-corrected chi connectivity index (χ0v) is 12.2. The quantitative estimate of drug-likeness (QED) is 0.855. The molecule has 20 heavy (non-hydrogen) atoms. The van der Waals surface area contributed by atoms with Crippen LogP contribution in [0.5, 0.6) is 0 Å². The molecule has 2 rings (SSSR count). The summed E-state index contributed by atoms with van der Waals surface area (Å²) < 4.78 is 44.6. The van der Waals surface area contributed by atoms with E-state index >= 15 is 0 Å². The molecule has 0 radical (unpaired) electrons. The van der Waals surface area contributed by atoms with Crippen molar-refractivity contribution in [3.05, 3.63) is 24.0 Å². The Hall–Kier alpha value is -1.18. The summed E-state index contributed by atoms with van der Waals surface area (Å²) in [5, 5.41) is 0. The van der Waals surface area contributed by atoms with Crippen LogP contribution < -0.4 is 5.73 Å². The normalized spacial score (nSPS) is 17.6. The molecule has 112 valence electrons. The van der Waals surface area contributed by atoms with E-state index in [0.29, 0.717) is 19.8 Å². The highest BCUT2D eigenvalue weighted by molar-refractivity contribution is 7.89. The number of ether oxygens (including phenoxy) is 1. The number of nitrogens with two attached hydrogens (primary N) is 1. The lowest BCUT2D eigenvalue weighted by Crippen LogP contribution is -2.34. The van der Waals surface area contributed by atoms with Gasteiger partial charge < -0.3 is 10.5 Å². The van der Waals surface area contributed by atoms with E-state index in [4.69, 9.17) is 10.5 Å². The summed E-state index contributed by atoms with van der Waals surface area (Å²) in [7, 11) is -2.21. The molecule has 1 aromatic rings. The molecule has 1 fully saturated rings. The van der Waals surface area contributed by atoms with Gasteiger partial charge in [0.25, 0.3) is 0 Å². The zero-order valence-electron chi connectivity index (χ0n) is 11.4. The van der Waals surface area contributed by atoms with Crippen LogP contribution in [0.3, 0.4) is 0 Å². The second-order valence-corrected chi connectivity index (χ2v) is 7.11. The van der Waals surface area contributed by atoms with Gasteiger partial charge in [-0.15, -0.1) is 0 Å². The summed E-state index contributed by atoms with van der Waals surface area (Å²) in [5.41, 5.74) is 5.60. The van der Waals surface area contributed by atoms with Crippen molar-refractivity contribution < 1.29 is 17.5 Å². The van der Waals surface area contributed by atoms with E-state index in [1.165, 1.54) is 17.4 Å². The van der Waals surface area contributed by atoms with Gasteiger partial charge in [-0.2, -0.15) is 0 Å². The molecule has 7 heteroatoms. The molecule has 0 atom stereocenters. The van der Waals surface area contributed by atoms with Crippen LogP contribution in [0.25, 0.3) is 0 Å². The third kappa shape index (κ3) is 3.47. The summed E-state index contributed by atoms with van der Waals surface area (Å²) >= 11 is 0. The van der Waals surface area contributed by atoms with Crippen molar-refractivity contribution in [3.8, 4) is 0 Å². The average Bonchev–Trinajstić information content (AvgIpc) is 2.38. The number of hydrogen-bond donors (Lipinski definition) is 1. The standard InChI is InChI=1S/C13H19FN2O3S/c1-16(9-10-2-4-19-5-3-10)20(17,18)13-7-11(14)6-12(15)8-13/h6-8,10H,2-5,9,15H2,1H3. The van der Waals surface area contributed by atoms with Gasteiger partial charge >= 0.3 is 0 Å². The molecule has 1 aliphatic rings. The Morgan fingerprint density at radius 2 is 2.00 bits per heavy atom. The Morgan fingerprint density at radius 1 is 1.35 bits per heavy atom. The van der Waals surface area contributed by atoms with Crippen LogP contribution in [0.1, 0.15) is 12.8 Å². The molecular weight excluding hydrogens is 283 g/mol. The SMILES string of the molecule is CN(CC1CCOCC1)S(=O)(=O)c1cc(N)cc(F)c1. The summed E-state index contributed by atoms with van der Waals surface area (Å²) in [6, 6.07) is 3.36. The lowest BCUT2D eigenvalue weighted by molar-refractivity contribution is 0.0620.